The maximum absolute atomic E-state index is 12.6. The summed E-state index contributed by atoms with van der Waals surface area (Å²) in [7, 11) is 0. The summed E-state index contributed by atoms with van der Waals surface area (Å²) in [5.41, 5.74) is 5.61. The van der Waals surface area contributed by atoms with Gasteiger partial charge in [-0.15, -0.1) is 0 Å². The number of nitrogens with one attached hydrogen (secondary N) is 3. The van der Waals surface area contributed by atoms with E-state index in [9.17, 15) is 9.59 Å². The van der Waals surface area contributed by atoms with Crippen LogP contribution >= 0.6 is 12.2 Å². The molecule has 2 aromatic carbocycles. The lowest BCUT2D eigenvalue weighted by Crippen LogP contribution is -2.34. The van der Waals surface area contributed by atoms with E-state index >= 15 is 0 Å². The fraction of sp³-hybridized carbons (Fsp3) is 0.0526. The first-order valence-electron chi connectivity index (χ1n) is 8.21. The molecule has 7 nitrogen and oxygen atoms in total. The van der Waals surface area contributed by atoms with Crippen LogP contribution in [0.2, 0.25) is 0 Å². The highest BCUT2D eigenvalue weighted by molar-refractivity contribution is 7.71. The normalized spacial score (nSPS) is 10.9. The zero-order valence-corrected chi connectivity index (χ0v) is 15.1. The van der Waals surface area contributed by atoms with E-state index in [1.54, 1.807) is 30.3 Å². The van der Waals surface area contributed by atoms with Crippen LogP contribution in [0.5, 0.6) is 0 Å². The molecule has 0 unspecified atom stereocenters. The molecule has 1 amide bonds. The summed E-state index contributed by atoms with van der Waals surface area (Å²) in [5.74, 6) is -0.516. The minimum Gasteiger partial charge on any atom is -0.330 e. The van der Waals surface area contributed by atoms with Gasteiger partial charge >= 0.3 is 0 Å². The van der Waals surface area contributed by atoms with Gasteiger partial charge in [0.1, 0.15) is 5.69 Å². The number of para-hydroxylation sites is 1. The number of fused-ring (bicyclic) bond motifs is 1. The topological polar surface area (TPSA) is 95.6 Å². The van der Waals surface area contributed by atoms with Crippen LogP contribution in [-0.2, 0) is 0 Å². The molecule has 3 N–H and O–H groups in total. The molecule has 4 rings (SSSR count). The Morgan fingerprint density at radius 3 is 2.67 bits per heavy atom. The number of rotatable bonds is 3. The molecule has 2 aromatic heterocycles. The number of hydrogen-bond donors (Lipinski definition) is 3. The summed E-state index contributed by atoms with van der Waals surface area (Å²) in [5, 5.41) is 7.29. The molecule has 2 heterocycles. The van der Waals surface area contributed by atoms with Gasteiger partial charge < -0.3 is 4.98 Å². The molecular weight excluding hydrogens is 362 g/mol. The summed E-state index contributed by atoms with van der Waals surface area (Å²) in [6.07, 6.45) is 0. The van der Waals surface area contributed by atoms with Crippen molar-refractivity contribution in [3.63, 3.8) is 0 Å². The van der Waals surface area contributed by atoms with E-state index in [1.807, 2.05) is 31.2 Å². The zero-order valence-electron chi connectivity index (χ0n) is 14.3. The van der Waals surface area contributed by atoms with Crippen molar-refractivity contribution in [3.05, 3.63) is 81.0 Å². The quantitative estimate of drug-likeness (QED) is 0.478. The molecule has 0 radical (unpaired) electrons. The van der Waals surface area contributed by atoms with E-state index in [0.717, 1.165) is 15.8 Å². The molecular formula is C19H15N5O2S. The second-order valence-electron chi connectivity index (χ2n) is 6.09. The van der Waals surface area contributed by atoms with Crippen molar-refractivity contribution in [3.8, 4) is 11.3 Å². The second kappa shape index (κ2) is 6.65. The Morgan fingerprint density at radius 2 is 1.89 bits per heavy atom. The minimum atomic E-state index is -0.516. The minimum absolute atomic E-state index is 0.102. The van der Waals surface area contributed by atoms with Crippen molar-refractivity contribution in [2.45, 2.75) is 6.92 Å². The molecule has 0 aliphatic rings. The van der Waals surface area contributed by atoms with Gasteiger partial charge in [0.05, 0.1) is 16.6 Å². The Kier molecular flexibility index (Phi) is 4.17. The van der Waals surface area contributed by atoms with E-state index in [4.69, 9.17) is 12.2 Å². The third-order valence-electron chi connectivity index (χ3n) is 4.19. The Balaban J connectivity index is 1.65. The van der Waals surface area contributed by atoms with Crippen LogP contribution < -0.4 is 11.0 Å². The lowest BCUT2D eigenvalue weighted by Gasteiger charge is -2.08. The molecule has 0 spiro atoms. The molecule has 134 valence electrons. The summed E-state index contributed by atoms with van der Waals surface area (Å²) in [6.45, 7) is 2.00. The number of carbonyl (C=O) groups is 1. The summed E-state index contributed by atoms with van der Waals surface area (Å²) in [4.78, 5) is 28.1. The molecule has 4 aromatic rings. The highest BCUT2D eigenvalue weighted by atomic mass is 32.1. The third-order valence-corrected chi connectivity index (χ3v) is 4.47. The Labute approximate surface area is 158 Å². The lowest BCUT2D eigenvalue weighted by atomic mass is 10.1. The van der Waals surface area contributed by atoms with Crippen LogP contribution in [0.3, 0.4) is 0 Å². The van der Waals surface area contributed by atoms with Crippen LogP contribution in [0.15, 0.2) is 59.4 Å². The van der Waals surface area contributed by atoms with Crippen molar-refractivity contribution in [2.75, 3.05) is 5.43 Å². The number of aryl methyl sites for hydroxylation is 1. The summed E-state index contributed by atoms with van der Waals surface area (Å²) in [6, 6.07) is 16.4. The first-order chi connectivity index (χ1) is 13.0. The molecule has 0 bridgehead atoms. The van der Waals surface area contributed by atoms with E-state index in [-0.39, 0.29) is 10.5 Å². The van der Waals surface area contributed by atoms with Crippen LogP contribution in [0.4, 0.5) is 0 Å². The number of amides is 1. The first-order valence-corrected chi connectivity index (χ1v) is 8.61. The zero-order chi connectivity index (χ0) is 19.0. The molecule has 0 saturated heterocycles. The van der Waals surface area contributed by atoms with Crippen LogP contribution in [-0.4, -0.2) is 25.8 Å². The van der Waals surface area contributed by atoms with Gasteiger partial charge in [-0.1, -0.05) is 42.0 Å². The Hall–Kier alpha value is -3.52. The predicted octanol–water partition coefficient (Wildman–Crippen LogP) is 3.14. The number of benzene rings is 2. The standard InChI is InChI=1S/C19H15N5O2S/c1-11-6-8-12(9-7-11)15-10-16(22-21-15)17(25)23-24-18(26)13-4-2-3-5-14(13)20-19(24)27/h2-10H,1H3,(H,20,27)(H,21,22)(H,23,25). The summed E-state index contributed by atoms with van der Waals surface area (Å²) < 4.78 is 1.12. The van der Waals surface area contributed by atoms with Crippen LogP contribution in [0.25, 0.3) is 22.2 Å². The fourth-order valence-electron chi connectivity index (χ4n) is 2.74. The number of carbonyl (C=O) groups excluding carboxylic acids is 1. The first kappa shape index (κ1) is 16.9. The SMILES string of the molecule is Cc1ccc(-c2cc(C(=O)Nn3c(=S)[nH]c4ccccc4c3=O)[nH]n2)cc1. The summed E-state index contributed by atoms with van der Waals surface area (Å²) >= 11 is 5.20. The molecule has 0 saturated carbocycles. The van der Waals surface area contributed by atoms with Crippen molar-refractivity contribution in [2.24, 2.45) is 0 Å². The van der Waals surface area contributed by atoms with Crippen molar-refractivity contribution < 1.29 is 4.79 Å². The van der Waals surface area contributed by atoms with Gasteiger partial charge in [0.15, 0.2) is 4.77 Å². The van der Waals surface area contributed by atoms with Gasteiger partial charge in [0.25, 0.3) is 11.5 Å². The molecule has 0 atom stereocenters. The number of aromatic amines is 2. The van der Waals surface area contributed by atoms with Crippen molar-refractivity contribution >= 4 is 29.0 Å². The van der Waals surface area contributed by atoms with E-state index in [0.29, 0.717) is 16.6 Å². The van der Waals surface area contributed by atoms with E-state index in [1.165, 1.54) is 0 Å². The van der Waals surface area contributed by atoms with Crippen LogP contribution in [0, 0.1) is 11.7 Å². The Morgan fingerprint density at radius 1 is 1.15 bits per heavy atom. The van der Waals surface area contributed by atoms with Gasteiger partial charge in [0, 0.05) is 5.56 Å². The van der Waals surface area contributed by atoms with Gasteiger partial charge in [-0.25, -0.2) is 0 Å². The maximum atomic E-state index is 12.6. The molecule has 27 heavy (non-hydrogen) atoms. The predicted molar refractivity (Wildman–Crippen MR) is 106 cm³/mol. The molecule has 8 heteroatoms. The van der Waals surface area contributed by atoms with Crippen molar-refractivity contribution in [1.82, 2.24) is 19.9 Å². The highest BCUT2D eigenvalue weighted by Gasteiger charge is 2.14. The average molecular weight is 377 g/mol. The molecule has 0 fully saturated rings. The third kappa shape index (κ3) is 3.18. The van der Waals surface area contributed by atoms with Gasteiger partial charge in [0.2, 0.25) is 0 Å². The smallest absolute Gasteiger partial charge is 0.288 e. The van der Waals surface area contributed by atoms with E-state index < -0.39 is 11.5 Å². The van der Waals surface area contributed by atoms with Gasteiger partial charge in [-0.3, -0.25) is 20.1 Å². The number of nitrogens with zero attached hydrogens (tertiary/aromatic N) is 2. The number of H-pyrrole nitrogens is 2. The molecule has 0 aliphatic carbocycles. The number of aromatic nitrogens is 4. The second-order valence-corrected chi connectivity index (χ2v) is 6.48. The lowest BCUT2D eigenvalue weighted by molar-refractivity contribution is 0.100. The van der Waals surface area contributed by atoms with Gasteiger partial charge in [-0.05, 0) is 37.3 Å². The Bertz CT molecular complexity index is 1270. The van der Waals surface area contributed by atoms with Crippen molar-refractivity contribution in [1.29, 1.82) is 0 Å². The fourth-order valence-corrected chi connectivity index (χ4v) is 2.97. The largest absolute Gasteiger partial charge is 0.330 e. The van der Waals surface area contributed by atoms with E-state index in [2.05, 4.69) is 20.6 Å². The van der Waals surface area contributed by atoms with Gasteiger partial charge in [-0.2, -0.15) is 9.77 Å². The molecule has 0 aliphatic heterocycles. The highest BCUT2D eigenvalue weighted by Crippen LogP contribution is 2.18. The average Bonchev–Trinajstić information content (AvgIpc) is 3.16. The number of hydrogen-bond acceptors (Lipinski definition) is 4. The van der Waals surface area contributed by atoms with Crippen LogP contribution in [0.1, 0.15) is 16.1 Å². The monoisotopic (exact) mass is 377 g/mol. The maximum Gasteiger partial charge on any atom is 0.288 e.